The van der Waals surface area contributed by atoms with Crippen LogP contribution in [0.1, 0.15) is 37.0 Å². The molecule has 0 bridgehead atoms. The maximum absolute atomic E-state index is 11.8. The molecule has 2 atom stereocenters. The fourth-order valence-corrected chi connectivity index (χ4v) is 2.93. The smallest absolute Gasteiger partial charge is 0.376 e. The highest BCUT2D eigenvalue weighted by Crippen LogP contribution is 2.36. The first kappa shape index (κ1) is 15.6. The van der Waals surface area contributed by atoms with Crippen LogP contribution >= 0.6 is 0 Å². The lowest BCUT2D eigenvalue weighted by Crippen LogP contribution is -2.45. The topological polar surface area (TPSA) is 55.8 Å². The van der Waals surface area contributed by atoms with Crippen LogP contribution in [0.4, 0.5) is 0 Å². The van der Waals surface area contributed by atoms with Crippen molar-refractivity contribution in [3.05, 3.63) is 65.7 Å². The van der Waals surface area contributed by atoms with E-state index in [-0.39, 0.29) is 6.10 Å². The zero-order valence-corrected chi connectivity index (χ0v) is 13.1. The molecule has 0 heterocycles. The van der Waals surface area contributed by atoms with E-state index in [4.69, 9.17) is 9.47 Å². The van der Waals surface area contributed by atoms with Gasteiger partial charge in [-0.15, -0.1) is 0 Å². The molecule has 1 aliphatic carbocycles. The second-order valence-corrected chi connectivity index (χ2v) is 5.86. The Morgan fingerprint density at radius 2 is 1.83 bits per heavy atom. The number of fused-ring (bicyclic) bond motifs is 1. The van der Waals surface area contributed by atoms with E-state index < -0.39 is 11.8 Å². The Morgan fingerprint density at radius 3 is 2.57 bits per heavy atom. The fraction of sp³-hybridized carbons (Fsp3) is 0.316. The van der Waals surface area contributed by atoms with Crippen molar-refractivity contribution in [1.82, 2.24) is 0 Å². The Bertz CT molecular complexity index is 683. The normalized spacial score (nSPS) is 19.4. The van der Waals surface area contributed by atoms with E-state index in [9.17, 15) is 9.90 Å². The lowest BCUT2D eigenvalue weighted by molar-refractivity contribution is -0.223. The maximum Gasteiger partial charge on any atom is 0.376 e. The average Bonchev–Trinajstić information content (AvgIpc) is 2.56. The van der Waals surface area contributed by atoms with Gasteiger partial charge in [0.15, 0.2) is 0 Å². The van der Waals surface area contributed by atoms with Crippen molar-refractivity contribution < 1.29 is 19.4 Å². The van der Waals surface area contributed by atoms with Gasteiger partial charge in [0.1, 0.15) is 5.75 Å². The van der Waals surface area contributed by atoms with Crippen LogP contribution < -0.4 is 4.74 Å². The molecule has 0 spiro atoms. The van der Waals surface area contributed by atoms with Gasteiger partial charge in [-0.25, -0.2) is 4.79 Å². The van der Waals surface area contributed by atoms with E-state index in [1.165, 1.54) is 12.5 Å². The zero-order chi connectivity index (χ0) is 16.3. The van der Waals surface area contributed by atoms with E-state index in [1.807, 2.05) is 24.3 Å². The summed E-state index contributed by atoms with van der Waals surface area (Å²) in [5.41, 5.74) is 2.28. The van der Waals surface area contributed by atoms with E-state index in [1.54, 1.807) is 24.3 Å². The number of carboxylic acid groups (broad SMARTS) is 1. The van der Waals surface area contributed by atoms with Crippen molar-refractivity contribution in [3.8, 4) is 5.75 Å². The first-order valence-corrected chi connectivity index (χ1v) is 7.81. The van der Waals surface area contributed by atoms with Crippen LogP contribution in [0.15, 0.2) is 54.6 Å². The Hall–Kier alpha value is -2.33. The van der Waals surface area contributed by atoms with Crippen LogP contribution in [0.5, 0.6) is 5.75 Å². The Labute approximate surface area is 135 Å². The second-order valence-electron chi connectivity index (χ2n) is 5.86. The summed E-state index contributed by atoms with van der Waals surface area (Å²) in [6, 6.07) is 16.9. The highest BCUT2D eigenvalue weighted by Gasteiger charge is 2.41. The van der Waals surface area contributed by atoms with Gasteiger partial charge in [-0.3, -0.25) is 0 Å². The summed E-state index contributed by atoms with van der Waals surface area (Å²) in [4.78, 5) is 11.8. The van der Waals surface area contributed by atoms with Crippen LogP contribution in [0, 0.1) is 0 Å². The summed E-state index contributed by atoms with van der Waals surface area (Å²) in [5.74, 6) is -2.39. The number of carboxylic acids is 1. The lowest BCUT2D eigenvalue weighted by Gasteiger charge is -2.33. The predicted molar refractivity (Wildman–Crippen MR) is 86.3 cm³/mol. The molecule has 3 rings (SSSR count). The quantitative estimate of drug-likeness (QED) is 0.849. The lowest BCUT2D eigenvalue weighted by atomic mass is 9.89. The van der Waals surface area contributed by atoms with Crippen LogP contribution in [0.3, 0.4) is 0 Å². The summed E-state index contributed by atoms with van der Waals surface area (Å²) in [5, 5.41) is 9.62. The molecule has 4 heteroatoms. The fourth-order valence-electron chi connectivity index (χ4n) is 2.93. The van der Waals surface area contributed by atoms with Gasteiger partial charge in [-0.2, -0.15) is 0 Å². The number of benzene rings is 2. The van der Waals surface area contributed by atoms with Gasteiger partial charge in [-0.1, -0.05) is 42.5 Å². The molecular formula is C19H20O4. The number of hydrogen-bond acceptors (Lipinski definition) is 3. The minimum Gasteiger partial charge on any atom is -0.476 e. The molecule has 0 fully saturated rings. The van der Waals surface area contributed by atoms with Crippen molar-refractivity contribution in [1.29, 1.82) is 0 Å². The Balaban J connectivity index is 1.84. The number of carbonyl (C=O) groups is 1. The number of aryl methyl sites for hydroxylation is 1. The third-order valence-electron chi connectivity index (χ3n) is 4.13. The second kappa shape index (κ2) is 6.42. The third kappa shape index (κ3) is 3.37. The molecule has 2 aromatic rings. The van der Waals surface area contributed by atoms with Crippen LogP contribution in [-0.4, -0.2) is 16.9 Å². The molecule has 0 radical (unpaired) electrons. The minimum absolute atomic E-state index is 0.273. The molecule has 0 saturated heterocycles. The predicted octanol–water partition coefficient (Wildman–Crippen LogP) is 3.96. The summed E-state index contributed by atoms with van der Waals surface area (Å²) in [6.45, 7) is 1.46. The standard InChI is InChI=1S/C19H20O4/c1-19(18(20)21,22-15-10-3-2-4-11-15)23-17-13-7-9-14-8-5-6-12-16(14)17/h2-6,8,10-12,17H,7,9,13H2,1H3,(H,20,21). The van der Waals surface area contributed by atoms with Crippen LogP contribution in [0.2, 0.25) is 0 Å². The molecule has 23 heavy (non-hydrogen) atoms. The van der Waals surface area contributed by atoms with Gasteiger partial charge in [0.05, 0.1) is 6.10 Å². The zero-order valence-electron chi connectivity index (χ0n) is 13.1. The summed E-state index contributed by atoms with van der Waals surface area (Å²) >= 11 is 0. The van der Waals surface area contributed by atoms with E-state index in [0.29, 0.717) is 5.75 Å². The number of hydrogen-bond donors (Lipinski definition) is 1. The largest absolute Gasteiger partial charge is 0.476 e. The number of aliphatic carboxylic acids is 1. The average molecular weight is 312 g/mol. The first-order valence-electron chi connectivity index (χ1n) is 7.81. The molecule has 0 aliphatic heterocycles. The van der Waals surface area contributed by atoms with Gasteiger partial charge < -0.3 is 14.6 Å². The van der Waals surface area contributed by atoms with Crippen molar-refractivity contribution in [3.63, 3.8) is 0 Å². The highest BCUT2D eigenvalue weighted by molar-refractivity contribution is 5.75. The molecule has 0 saturated carbocycles. The van der Waals surface area contributed by atoms with Crippen molar-refractivity contribution in [2.75, 3.05) is 0 Å². The van der Waals surface area contributed by atoms with Crippen LogP contribution in [0.25, 0.3) is 0 Å². The van der Waals surface area contributed by atoms with Crippen molar-refractivity contribution in [2.24, 2.45) is 0 Å². The van der Waals surface area contributed by atoms with Gasteiger partial charge in [0.25, 0.3) is 0 Å². The molecule has 4 nitrogen and oxygen atoms in total. The molecule has 0 amide bonds. The Kier molecular flexibility index (Phi) is 4.35. The van der Waals surface area contributed by atoms with Gasteiger partial charge >= 0.3 is 11.8 Å². The van der Waals surface area contributed by atoms with Crippen LogP contribution in [-0.2, 0) is 16.0 Å². The molecule has 1 N–H and O–H groups in total. The van der Waals surface area contributed by atoms with Gasteiger partial charge in [0.2, 0.25) is 0 Å². The summed E-state index contributed by atoms with van der Waals surface area (Å²) in [6.07, 6.45) is 2.49. The highest BCUT2D eigenvalue weighted by atomic mass is 16.7. The van der Waals surface area contributed by atoms with Crippen molar-refractivity contribution >= 4 is 5.97 Å². The van der Waals surface area contributed by atoms with E-state index in [0.717, 1.165) is 24.8 Å². The summed E-state index contributed by atoms with van der Waals surface area (Å²) in [7, 11) is 0. The SMILES string of the molecule is CC(Oc1ccccc1)(OC1CCCc2ccccc21)C(=O)O. The molecule has 2 unspecified atom stereocenters. The number of ether oxygens (including phenoxy) is 2. The number of rotatable bonds is 5. The molecule has 2 aromatic carbocycles. The molecular weight excluding hydrogens is 292 g/mol. The third-order valence-corrected chi connectivity index (χ3v) is 4.13. The monoisotopic (exact) mass is 312 g/mol. The maximum atomic E-state index is 11.8. The summed E-state index contributed by atoms with van der Waals surface area (Å²) < 4.78 is 11.6. The Morgan fingerprint density at radius 1 is 1.13 bits per heavy atom. The first-order chi connectivity index (χ1) is 11.1. The number of para-hydroxylation sites is 1. The molecule has 0 aromatic heterocycles. The van der Waals surface area contributed by atoms with E-state index >= 15 is 0 Å². The van der Waals surface area contributed by atoms with Gasteiger partial charge in [-0.05, 0) is 42.5 Å². The van der Waals surface area contributed by atoms with Gasteiger partial charge in [0, 0.05) is 6.92 Å². The molecule has 120 valence electrons. The van der Waals surface area contributed by atoms with Crippen molar-refractivity contribution in [2.45, 2.75) is 38.1 Å². The van der Waals surface area contributed by atoms with E-state index in [2.05, 4.69) is 6.07 Å². The molecule has 1 aliphatic rings. The minimum atomic E-state index is -1.73.